The maximum absolute atomic E-state index is 11.1. The number of thioether (sulfide) groups is 1. The van der Waals surface area contributed by atoms with Gasteiger partial charge < -0.3 is 4.90 Å². The second kappa shape index (κ2) is 3.96. The number of aromatic nitrogens is 2. The number of carbonyl (C=O) groups is 1. The van der Waals surface area contributed by atoms with Crippen LogP contribution in [-0.4, -0.2) is 32.7 Å². The maximum atomic E-state index is 11.1. The summed E-state index contributed by atoms with van der Waals surface area (Å²) >= 11 is 1.51. The van der Waals surface area contributed by atoms with E-state index in [1.165, 1.54) is 11.8 Å². The van der Waals surface area contributed by atoms with Crippen molar-refractivity contribution in [1.29, 1.82) is 0 Å². The highest BCUT2D eigenvalue weighted by molar-refractivity contribution is 7.99. The van der Waals surface area contributed by atoms with E-state index in [2.05, 4.69) is 9.97 Å². The summed E-state index contributed by atoms with van der Waals surface area (Å²) in [6.45, 7) is 2.86. The molecule has 1 aliphatic rings. The molecule has 1 amide bonds. The normalized spacial score (nSPS) is 17.8. The molecule has 1 aliphatic heterocycles. The fourth-order valence-corrected chi connectivity index (χ4v) is 2.18. The zero-order valence-electron chi connectivity index (χ0n) is 7.88. The number of carbonyl (C=O) groups excluding carboxylic acids is 1. The largest absolute Gasteiger partial charge is 0.330 e. The second-order valence-corrected chi connectivity index (χ2v) is 4.37. The second-order valence-electron chi connectivity index (χ2n) is 3.09. The van der Waals surface area contributed by atoms with Crippen LogP contribution in [0.15, 0.2) is 23.6 Å². The van der Waals surface area contributed by atoms with Gasteiger partial charge in [-0.3, -0.25) is 4.79 Å². The van der Waals surface area contributed by atoms with Gasteiger partial charge in [-0.15, -0.1) is 0 Å². The third-order valence-electron chi connectivity index (χ3n) is 2.14. The van der Waals surface area contributed by atoms with Gasteiger partial charge in [0.05, 0.1) is 5.37 Å². The van der Waals surface area contributed by atoms with Crippen molar-refractivity contribution in [2.75, 3.05) is 6.54 Å². The summed E-state index contributed by atoms with van der Waals surface area (Å²) in [5.74, 6) is 0.223. The predicted octanol–water partition coefficient (Wildman–Crippen LogP) is 1.15. The van der Waals surface area contributed by atoms with Crippen LogP contribution in [0.25, 0.3) is 0 Å². The van der Waals surface area contributed by atoms with Gasteiger partial charge in [0.15, 0.2) is 5.16 Å². The van der Waals surface area contributed by atoms with Gasteiger partial charge in [-0.05, 0) is 13.0 Å². The van der Waals surface area contributed by atoms with E-state index >= 15 is 0 Å². The van der Waals surface area contributed by atoms with Crippen LogP contribution in [-0.2, 0) is 4.79 Å². The molecule has 4 nitrogen and oxygen atoms in total. The maximum Gasteiger partial charge on any atom is 0.225 e. The summed E-state index contributed by atoms with van der Waals surface area (Å²) in [5.41, 5.74) is 0. The van der Waals surface area contributed by atoms with Gasteiger partial charge in [-0.2, -0.15) is 0 Å². The molecule has 1 aromatic rings. The molecule has 1 atom stereocenters. The highest BCUT2D eigenvalue weighted by atomic mass is 32.2. The number of likely N-dealkylation sites (tertiary alicyclic amines) is 1. The molecule has 0 radical (unpaired) electrons. The lowest BCUT2D eigenvalue weighted by atomic mass is 10.2. The van der Waals surface area contributed by atoms with E-state index in [1.54, 1.807) is 18.5 Å². The molecule has 74 valence electrons. The number of hydrogen-bond donors (Lipinski definition) is 0. The van der Waals surface area contributed by atoms with Gasteiger partial charge in [0.2, 0.25) is 5.91 Å². The van der Waals surface area contributed by atoms with Gasteiger partial charge in [0.25, 0.3) is 0 Å². The van der Waals surface area contributed by atoms with Crippen molar-refractivity contribution in [3.8, 4) is 0 Å². The van der Waals surface area contributed by atoms with Gasteiger partial charge in [-0.1, -0.05) is 11.8 Å². The Balaban J connectivity index is 1.94. The van der Waals surface area contributed by atoms with E-state index in [0.717, 1.165) is 11.7 Å². The van der Waals surface area contributed by atoms with Gasteiger partial charge in [0, 0.05) is 25.4 Å². The monoisotopic (exact) mass is 209 g/mol. The Bertz CT molecular complexity index is 330. The van der Waals surface area contributed by atoms with Crippen LogP contribution in [0.1, 0.15) is 13.3 Å². The van der Waals surface area contributed by atoms with E-state index in [4.69, 9.17) is 0 Å². The summed E-state index contributed by atoms with van der Waals surface area (Å²) in [5, 5.41) is 0.860. The molecule has 0 spiro atoms. The minimum absolute atomic E-state index is 0.138. The Labute approximate surface area is 86.7 Å². The highest BCUT2D eigenvalue weighted by Gasteiger charge is 2.29. The molecule has 1 aromatic heterocycles. The Hall–Kier alpha value is -1.10. The quantitative estimate of drug-likeness (QED) is 0.425. The molecular weight excluding hydrogens is 198 g/mol. The topological polar surface area (TPSA) is 46.1 Å². The summed E-state index contributed by atoms with van der Waals surface area (Å²) in [6.07, 6.45) is 4.10. The first-order valence-electron chi connectivity index (χ1n) is 4.50. The molecule has 5 heteroatoms. The SMILES string of the molecule is CC(Sc1ncccn1)N1CCC1=O. The lowest BCUT2D eigenvalue weighted by Gasteiger charge is -2.35. The molecule has 1 unspecified atom stereocenters. The van der Waals surface area contributed by atoms with E-state index in [0.29, 0.717) is 6.42 Å². The summed E-state index contributed by atoms with van der Waals surface area (Å²) in [4.78, 5) is 21.2. The van der Waals surface area contributed by atoms with Crippen LogP contribution < -0.4 is 0 Å². The average molecular weight is 209 g/mol. The summed E-state index contributed by atoms with van der Waals surface area (Å²) in [7, 11) is 0. The molecule has 1 fully saturated rings. The third-order valence-corrected chi connectivity index (χ3v) is 3.16. The minimum Gasteiger partial charge on any atom is -0.330 e. The molecule has 0 N–H and O–H groups in total. The fourth-order valence-electron chi connectivity index (χ4n) is 1.28. The van der Waals surface area contributed by atoms with E-state index < -0.39 is 0 Å². The summed E-state index contributed by atoms with van der Waals surface area (Å²) < 4.78 is 0. The standard InChI is InChI=1S/C9H11N3OS/c1-7(12-6-3-8(12)13)14-9-10-4-2-5-11-9/h2,4-5,7H,3,6H2,1H3. The molecule has 2 rings (SSSR count). The van der Waals surface area contributed by atoms with Crippen LogP contribution in [0.3, 0.4) is 0 Å². The van der Waals surface area contributed by atoms with E-state index in [9.17, 15) is 4.79 Å². The van der Waals surface area contributed by atoms with Gasteiger partial charge in [0.1, 0.15) is 0 Å². The van der Waals surface area contributed by atoms with Crippen LogP contribution >= 0.6 is 11.8 Å². The van der Waals surface area contributed by atoms with Gasteiger partial charge in [-0.25, -0.2) is 9.97 Å². The lowest BCUT2D eigenvalue weighted by Crippen LogP contribution is -2.47. The number of nitrogens with zero attached hydrogens (tertiary/aromatic N) is 3. The number of β-lactam (4-membered cyclic amide) rings is 1. The molecule has 2 heterocycles. The first kappa shape index (κ1) is 9.45. The number of hydrogen-bond acceptors (Lipinski definition) is 4. The van der Waals surface area contributed by atoms with Crippen molar-refractivity contribution in [1.82, 2.24) is 14.9 Å². The van der Waals surface area contributed by atoms with Crippen molar-refractivity contribution in [2.24, 2.45) is 0 Å². The Kier molecular flexibility index (Phi) is 2.67. The number of amides is 1. The van der Waals surface area contributed by atoms with Crippen LogP contribution in [0.5, 0.6) is 0 Å². The molecule has 0 bridgehead atoms. The minimum atomic E-state index is 0.138. The molecule has 0 saturated carbocycles. The smallest absolute Gasteiger partial charge is 0.225 e. The van der Waals surface area contributed by atoms with Crippen molar-refractivity contribution in [3.63, 3.8) is 0 Å². The Morgan fingerprint density at radius 2 is 2.21 bits per heavy atom. The van der Waals surface area contributed by atoms with Crippen molar-refractivity contribution in [2.45, 2.75) is 23.9 Å². The Morgan fingerprint density at radius 3 is 2.71 bits per heavy atom. The summed E-state index contributed by atoms with van der Waals surface area (Å²) in [6, 6.07) is 1.78. The van der Waals surface area contributed by atoms with Crippen LogP contribution in [0, 0.1) is 0 Å². The molecule has 14 heavy (non-hydrogen) atoms. The predicted molar refractivity (Wildman–Crippen MR) is 53.7 cm³/mol. The third kappa shape index (κ3) is 1.87. The average Bonchev–Trinajstić information content (AvgIpc) is 2.17. The Morgan fingerprint density at radius 1 is 1.50 bits per heavy atom. The van der Waals surface area contributed by atoms with E-state index in [-0.39, 0.29) is 11.3 Å². The van der Waals surface area contributed by atoms with Crippen molar-refractivity contribution >= 4 is 17.7 Å². The van der Waals surface area contributed by atoms with E-state index in [1.807, 2.05) is 11.8 Å². The first-order valence-corrected chi connectivity index (χ1v) is 5.38. The number of rotatable bonds is 3. The fraction of sp³-hybridized carbons (Fsp3) is 0.444. The zero-order valence-corrected chi connectivity index (χ0v) is 8.70. The molecule has 0 aromatic carbocycles. The zero-order chi connectivity index (χ0) is 9.97. The lowest BCUT2D eigenvalue weighted by molar-refractivity contribution is -0.140. The van der Waals surface area contributed by atoms with Crippen LogP contribution in [0.4, 0.5) is 0 Å². The molecular formula is C9H11N3OS. The molecule has 1 saturated heterocycles. The van der Waals surface area contributed by atoms with Gasteiger partial charge >= 0.3 is 0 Å². The van der Waals surface area contributed by atoms with Crippen LogP contribution in [0.2, 0.25) is 0 Å². The first-order chi connectivity index (χ1) is 6.77. The van der Waals surface area contributed by atoms with Crippen molar-refractivity contribution in [3.05, 3.63) is 18.5 Å². The molecule has 0 aliphatic carbocycles. The highest BCUT2D eigenvalue weighted by Crippen LogP contribution is 2.25. The van der Waals surface area contributed by atoms with Crippen molar-refractivity contribution < 1.29 is 4.79 Å².